The fraction of sp³-hybridized carbons (Fsp3) is 0.533. The van der Waals surface area contributed by atoms with Gasteiger partial charge in [-0.3, -0.25) is 4.79 Å². The fourth-order valence-electron chi connectivity index (χ4n) is 2.77. The Labute approximate surface area is 128 Å². The van der Waals surface area contributed by atoms with Crippen LogP contribution in [-0.4, -0.2) is 5.91 Å². The van der Waals surface area contributed by atoms with Crippen LogP contribution in [0.3, 0.4) is 0 Å². The fourth-order valence-corrected chi connectivity index (χ4v) is 3.50. The molecule has 4 heteroatoms. The zero-order valence-corrected chi connectivity index (χ0v) is 13.9. The van der Waals surface area contributed by atoms with E-state index >= 15 is 0 Å². The highest BCUT2D eigenvalue weighted by Gasteiger charge is 2.39. The summed E-state index contributed by atoms with van der Waals surface area (Å²) in [6, 6.07) is 3.73. The quantitative estimate of drug-likeness (QED) is 0.787. The molecular weight excluding hydrogens is 326 g/mol. The Hall–Kier alpha value is -0.540. The monoisotopic (exact) mass is 343 g/mol. The van der Waals surface area contributed by atoms with Gasteiger partial charge in [0.05, 0.1) is 5.69 Å². The van der Waals surface area contributed by atoms with Crippen LogP contribution < -0.4 is 5.32 Å². The second-order valence-corrected chi connectivity index (χ2v) is 7.27. The molecule has 1 atom stereocenters. The third-order valence-corrected chi connectivity index (χ3v) is 5.14. The number of rotatable bonds is 2. The van der Waals surface area contributed by atoms with Gasteiger partial charge in [-0.1, -0.05) is 31.9 Å². The van der Waals surface area contributed by atoms with E-state index in [2.05, 4.69) is 35.1 Å². The first kappa shape index (κ1) is 14.9. The summed E-state index contributed by atoms with van der Waals surface area (Å²) in [6.45, 7) is 6.28. The molecular formula is C15H19BrClNO. The van der Waals surface area contributed by atoms with Crippen LogP contribution in [0, 0.1) is 18.3 Å². The number of hydrogen-bond acceptors (Lipinski definition) is 1. The Morgan fingerprint density at radius 3 is 2.74 bits per heavy atom. The van der Waals surface area contributed by atoms with Crippen molar-refractivity contribution in [3.05, 3.63) is 27.2 Å². The number of halogens is 2. The normalized spacial score (nSPS) is 21.4. The first-order valence-corrected chi connectivity index (χ1v) is 7.75. The van der Waals surface area contributed by atoms with Crippen LogP contribution in [0.5, 0.6) is 0 Å². The molecule has 1 unspecified atom stereocenters. The molecule has 2 nitrogen and oxygen atoms in total. The van der Waals surface area contributed by atoms with Crippen molar-refractivity contribution in [2.75, 3.05) is 5.32 Å². The molecule has 1 saturated carbocycles. The SMILES string of the molecule is Cc1cc(Br)c(NC(=O)C2CCCC2(C)C)cc1Cl. The molecule has 1 N–H and O–H groups in total. The van der Waals surface area contributed by atoms with Crippen molar-refractivity contribution in [3.8, 4) is 0 Å². The van der Waals surface area contributed by atoms with E-state index in [4.69, 9.17) is 11.6 Å². The molecule has 1 aliphatic carbocycles. The van der Waals surface area contributed by atoms with Crippen molar-refractivity contribution in [2.24, 2.45) is 11.3 Å². The van der Waals surface area contributed by atoms with E-state index < -0.39 is 0 Å². The predicted octanol–water partition coefficient (Wildman–Crippen LogP) is 5.18. The maximum absolute atomic E-state index is 12.4. The van der Waals surface area contributed by atoms with Gasteiger partial charge < -0.3 is 5.32 Å². The van der Waals surface area contributed by atoms with Crippen LogP contribution in [0.25, 0.3) is 0 Å². The first-order chi connectivity index (χ1) is 8.81. The lowest BCUT2D eigenvalue weighted by Gasteiger charge is -2.26. The van der Waals surface area contributed by atoms with Gasteiger partial charge in [0.1, 0.15) is 0 Å². The molecule has 1 fully saturated rings. The maximum atomic E-state index is 12.4. The third kappa shape index (κ3) is 3.14. The molecule has 2 rings (SSSR count). The topological polar surface area (TPSA) is 29.1 Å². The highest BCUT2D eigenvalue weighted by molar-refractivity contribution is 9.10. The van der Waals surface area contributed by atoms with E-state index in [0.29, 0.717) is 5.02 Å². The van der Waals surface area contributed by atoms with Crippen molar-refractivity contribution in [3.63, 3.8) is 0 Å². The molecule has 0 heterocycles. The van der Waals surface area contributed by atoms with Gasteiger partial charge in [-0.2, -0.15) is 0 Å². The van der Waals surface area contributed by atoms with Gasteiger partial charge in [-0.05, 0) is 58.8 Å². The number of carbonyl (C=O) groups is 1. The molecule has 1 aromatic carbocycles. The molecule has 0 aliphatic heterocycles. The average molecular weight is 345 g/mol. The Morgan fingerprint density at radius 2 is 2.16 bits per heavy atom. The zero-order valence-electron chi connectivity index (χ0n) is 11.5. The van der Waals surface area contributed by atoms with Crippen LogP contribution in [0.15, 0.2) is 16.6 Å². The van der Waals surface area contributed by atoms with E-state index in [0.717, 1.165) is 35.0 Å². The molecule has 19 heavy (non-hydrogen) atoms. The van der Waals surface area contributed by atoms with E-state index in [9.17, 15) is 4.79 Å². The van der Waals surface area contributed by atoms with Crippen molar-refractivity contribution in [1.29, 1.82) is 0 Å². The van der Waals surface area contributed by atoms with Crippen LogP contribution in [-0.2, 0) is 4.79 Å². The standard InChI is InChI=1S/C15H19BrClNO/c1-9-7-11(16)13(8-12(9)17)18-14(19)10-5-4-6-15(10,2)3/h7-8,10H,4-6H2,1-3H3,(H,18,19). The number of carbonyl (C=O) groups excluding carboxylic acids is 1. The number of anilines is 1. The van der Waals surface area contributed by atoms with Crippen LogP contribution in [0.2, 0.25) is 5.02 Å². The Morgan fingerprint density at radius 1 is 1.47 bits per heavy atom. The van der Waals surface area contributed by atoms with Crippen molar-refractivity contribution in [2.45, 2.75) is 40.0 Å². The molecule has 1 aliphatic rings. The molecule has 0 saturated heterocycles. The maximum Gasteiger partial charge on any atom is 0.228 e. The largest absolute Gasteiger partial charge is 0.325 e. The number of benzene rings is 1. The molecule has 104 valence electrons. The van der Waals surface area contributed by atoms with Gasteiger partial charge in [-0.25, -0.2) is 0 Å². The van der Waals surface area contributed by atoms with Gasteiger partial charge in [0.15, 0.2) is 0 Å². The van der Waals surface area contributed by atoms with Gasteiger partial charge in [0.2, 0.25) is 5.91 Å². The average Bonchev–Trinajstić information content (AvgIpc) is 2.65. The lowest BCUT2D eigenvalue weighted by molar-refractivity contribution is -0.122. The van der Waals surface area contributed by atoms with Gasteiger partial charge >= 0.3 is 0 Å². The Kier molecular flexibility index (Phi) is 4.26. The van der Waals surface area contributed by atoms with E-state index in [1.807, 2.05) is 13.0 Å². The lowest BCUT2D eigenvalue weighted by atomic mass is 9.81. The molecule has 0 bridgehead atoms. The summed E-state index contributed by atoms with van der Waals surface area (Å²) in [5, 5.41) is 3.68. The number of amides is 1. The summed E-state index contributed by atoms with van der Waals surface area (Å²) in [5.74, 6) is 0.183. The lowest BCUT2D eigenvalue weighted by Crippen LogP contribution is -2.30. The van der Waals surface area contributed by atoms with Crippen LogP contribution >= 0.6 is 27.5 Å². The van der Waals surface area contributed by atoms with Crippen molar-refractivity contribution < 1.29 is 4.79 Å². The summed E-state index contributed by atoms with van der Waals surface area (Å²) in [4.78, 5) is 12.4. The van der Waals surface area contributed by atoms with E-state index in [-0.39, 0.29) is 17.2 Å². The molecule has 1 aromatic rings. The van der Waals surface area contributed by atoms with Gasteiger partial charge in [0, 0.05) is 15.4 Å². The summed E-state index contributed by atoms with van der Waals surface area (Å²) in [7, 11) is 0. The number of hydrogen-bond donors (Lipinski definition) is 1. The van der Waals surface area contributed by atoms with Gasteiger partial charge in [-0.15, -0.1) is 0 Å². The highest BCUT2D eigenvalue weighted by Crippen LogP contribution is 2.43. The smallest absolute Gasteiger partial charge is 0.228 e. The van der Waals surface area contributed by atoms with Crippen molar-refractivity contribution in [1.82, 2.24) is 0 Å². The summed E-state index contributed by atoms with van der Waals surface area (Å²) in [5.41, 5.74) is 1.83. The highest BCUT2D eigenvalue weighted by atomic mass is 79.9. The van der Waals surface area contributed by atoms with Crippen LogP contribution in [0.1, 0.15) is 38.7 Å². The molecule has 0 radical (unpaired) electrons. The minimum Gasteiger partial charge on any atom is -0.325 e. The molecule has 0 spiro atoms. The van der Waals surface area contributed by atoms with Crippen molar-refractivity contribution >= 4 is 39.1 Å². The Balaban J connectivity index is 2.18. The minimum atomic E-state index is 0.0829. The number of aryl methyl sites for hydroxylation is 1. The summed E-state index contributed by atoms with van der Waals surface area (Å²) < 4.78 is 0.874. The summed E-state index contributed by atoms with van der Waals surface area (Å²) >= 11 is 9.59. The van der Waals surface area contributed by atoms with Gasteiger partial charge in [0.25, 0.3) is 0 Å². The summed E-state index contributed by atoms with van der Waals surface area (Å²) in [6.07, 6.45) is 3.21. The third-order valence-electron chi connectivity index (χ3n) is 4.08. The van der Waals surface area contributed by atoms with Crippen LogP contribution in [0.4, 0.5) is 5.69 Å². The first-order valence-electron chi connectivity index (χ1n) is 6.58. The van der Waals surface area contributed by atoms with E-state index in [1.165, 1.54) is 0 Å². The zero-order chi connectivity index (χ0) is 14.2. The molecule has 0 aromatic heterocycles. The molecule has 1 amide bonds. The Bertz CT molecular complexity index is 513. The predicted molar refractivity (Wildman–Crippen MR) is 83.6 cm³/mol. The second-order valence-electron chi connectivity index (χ2n) is 6.00. The van der Waals surface area contributed by atoms with E-state index in [1.54, 1.807) is 6.07 Å². The minimum absolute atomic E-state index is 0.0829. The number of nitrogens with one attached hydrogen (secondary N) is 1. The second kappa shape index (κ2) is 5.45.